The number of halogens is 1. The molecular weight excluding hydrogens is 636 g/mol. The van der Waals surface area contributed by atoms with Crippen LogP contribution in [-0.2, 0) is 14.4 Å². The molecule has 3 aromatic carbocycles. The fourth-order valence-electron chi connectivity index (χ4n) is 5.10. The molecule has 0 bridgehead atoms. The number of hydrogen-bond donors (Lipinski definition) is 3. The van der Waals surface area contributed by atoms with E-state index in [4.69, 9.17) is 25.8 Å². The fraction of sp³-hybridized carbons (Fsp3) is 0.389. The van der Waals surface area contributed by atoms with Crippen LogP contribution in [0.4, 0.5) is 0 Å². The van der Waals surface area contributed by atoms with Crippen molar-refractivity contribution in [3.05, 3.63) is 83.4 Å². The van der Waals surface area contributed by atoms with Gasteiger partial charge in [-0.25, -0.2) is 0 Å². The summed E-state index contributed by atoms with van der Waals surface area (Å²) in [4.78, 5) is 54.9. The minimum Gasteiger partial charge on any atom is -0.491 e. The maximum Gasteiger partial charge on any atom is 0.255 e. The molecule has 0 radical (unpaired) electrons. The lowest BCUT2D eigenvalue weighted by Gasteiger charge is -2.26. The summed E-state index contributed by atoms with van der Waals surface area (Å²) in [7, 11) is 1.65. The number of ether oxygens (including phenoxy) is 3. The Morgan fingerprint density at radius 1 is 1.00 bits per heavy atom. The smallest absolute Gasteiger partial charge is 0.255 e. The van der Waals surface area contributed by atoms with Crippen molar-refractivity contribution in [1.82, 2.24) is 20.9 Å². The topological polar surface area (TPSA) is 135 Å². The van der Waals surface area contributed by atoms with Crippen LogP contribution in [0.2, 0.25) is 5.02 Å². The van der Waals surface area contributed by atoms with E-state index in [9.17, 15) is 19.2 Å². The molecule has 3 atom stereocenters. The van der Waals surface area contributed by atoms with Crippen LogP contribution in [-0.4, -0.2) is 73.5 Å². The van der Waals surface area contributed by atoms with Crippen molar-refractivity contribution < 1.29 is 33.4 Å². The monoisotopic (exact) mass is 678 g/mol. The van der Waals surface area contributed by atoms with Gasteiger partial charge < -0.3 is 35.1 Å². The quantitative estimate of drug-likeness (QED) is 0.291. The summed E-state index contributed by atoms with van der Waals surface area (Å²) in [5.41, 5.74) is 0.231. The van der Waals surface area contributed by atoms with Gasteiger partial charge in [-0.3, -0.25) is 19.2 Å². The van der Waals surface area contributed by atoms with Gasteiger partial charge >= 0.3 is 0 Å². The Morgan fingerprint density at radius 2 is 1.73 bits per heavy atom. The zero-order valence-corrected chi connectivity index (χ0v) is 28.4. The van der Waals surface area contributed by atoms with Crippen LogP contribution < -0.4 is 30.2 Å². The first kappa shape index (κ1) is 36.1. The van der Waals surface area contributed by atoms with Crippen molar-refractivity contribution in [2.75, 3.05) is 26.8 Å². The number of carbonyl (C=O) groups is 4. The molecule has 3 N–H and O–H groups in total. The molecule has 11 nitrogen and oxygen atoms in total. The third-order valence-electron chi connectivity index (χ3n) is 7.57. The highest BCUT2D eigenvalue weighted by molar-refractivity contribution is 6.30. The van der Waals surface area contributed by atoms with Gasteiger partial charge in [-0.15, -0.1) is 0 Å². The number of rotatable bonds is 9. The summed E-state index contributed by atoms with van der Waals surface area (Å²) in [5.74, 6) is 0.294. The number of carbonyl (C=O) groups excluding carboxylic acids is 4. The van der Waals surface area contributed by atoms with Gasteiger partial charge in [-0.2, -0.15) is 0 Å². The molecule has 0 aliphatic carbocycles. The number of benzene rings is 3. The average molecular weight is 679 g/mol. The number of likely N-dealkylation sites (N-methyl/N-ethyl adjacent to an activating group) is 1. The lowest BCUT2D eigenvalue weighted by atomic mass is 10.0. The van der Waals surface area contributed by atoms with Crippen molar-refractivity contribution in [3.63, 3.8) is 0 Å². The third-order valence-corrected chi connectivity index (χ3v) is 7.80. The molecule has 1 aliphatic rings. The molecule has 48 heavy (non-hydrogen) atoms. The van der Waals surface area contributed by atoms with Gasteiger partial charge in [-0.05, 0) is 68.1 Å². The normalized spacial score (nSPS) is 18.3. The molecule has 0 unspecified atom stereocenters. The van der Waals surface area contributed by atoms with E-state index in [-0.39, 0.29) is 50.0 Å². The number of hydrogen-bond acceptors (Lipinski definition) is 7. The SMILES string of the molecule is CC(C)C[C@H]1NC(=O)CC[C@@H](C(=O)N[C@H](C)COc2ccccc2Oc2cccc(Cl)c2)NC(=O)c2ccccc2OCCN(C)C1=O. The zero-order chi connectivity index (χ0) is 34.6. The molecule has 0 saturated carbocycles. The average Bonchev–Trinajstić information content (AvgIpc) is 3.05. The van der Waals surface area contributed by atoms with Crippen molar-refractivity contribution >= 4 is 35.2 Å². The second-order valence-electron chi connectivity index (χ2n) is 12.1. The molecule has 0 saturated heterocycles. The summed E-state index contributed by atoms with van der Waals surface area (Å²) in [6, 6.07) is 18.5. The van der Waals surface area contributed by atoms with Gasteiger partial charge in [0.1, 0.15) is 36.8 Å². The van der Waals surface area contributed by atoms with E-state index >= 15 is 0 Å². The first-order chi connectivity index (χ1) is 23.0. The number of fused-ring (bicyclic) bond motifs is 1. The number of para-hydroxylation sites is 3. The van der Waals surface area contributed by atoms with Gasteiger partial charge in [0.15, 0.2) is 11.5 Å². The van der Waals surface area contributed by atoms with E-state index in [2.05, 4.69) is 16.0 Å². The van der Waals surface area contributed by atoms with Crippen molar-refractivity contribution in [2.45, 2.75) is 58.2 Å². The van der Waals surface area contributed by atoms with E-state index in [0.29, 0.717) is 34.4 Å². The second-order valence-corrected chi connectivity index (χ2v) is 12.6. The molecule has 256 valence electrons. The highest BCUT2D eigenvalue weighted by Crippen LogP contribution is 2.32. The van der Waals surface area contributed by atoms with Crippen LogP contribution in [0.3, 0.4) is 0 Å². The highest BCUT2D eigenvalue weighted by atomic mass is 35.5. The Hall–Kier alpha value is -4.77. The molecule has 3 aromatic rings. The first-order valence-corrected chi connectivity index (χ1v) is 16.4. The van der Waals surface area contributed by atoms with Crippen molar-refractivity contribution in [3.8, 4) is 23.0 Å². The Kier molecular flexibility index (Phi) is 13.1. The summed E-state index contributed by atoms with van der Waals surface area (Å²) in [6.07, 6.45) is 0.347. The Morgan fingerprint density at radius 3 is 2.48 bits per heavy atom. The predicted octanol–water partition coefficient (Wildman–Crippen LogP) is 4.98. The third kappa shape index (κ3) is 10.6. The lowest BCUT2D eigenvalue weighted by Crippen LogP contribution is -2.51. The van der Waals surface area contributed by atoms with E-state index in [1.165, 1.54) is 4.90 Å². The van der Waals surface area contributed by atoms with Crippen molar-refractivity contribution in [1.29, 1.82) is 0 Å². The Bertz CT molecular complexity index is 1580. The largest absolute Gasteiger partial charge is 0.491 e. The maximum absolute atomic E-state index is 13.6. The van der Waals surface area contributed by atoms with Crippen LogP contribution in [0.5, 0.6) is 23.0 Å². The minimum atomic E-state index is -1.07. The molecule has 0 aromatic heterocycles. The molecule has 0 spiro atoms. The lowest BCUT2D eigenvalue weighted by molar-refractivity contribution is -0.136. The van der Waals surface area contributed by atoms with Crippen LogP contribution in [0.25, 0.3) is 0 Å². The Labute approximate surface area is 286 Å². The standard InChI is InChI=1S/C36H43ClN4O7/c1-23(2)20-29-36(45)41(4)18-19-46-30-13-6-5-12-27(30)34(43)40-28(16-17-33(42)39-29)35(44)38-24(3)22-47-31-14-7-8-15-32(31)48-26-11-9-10-25(37)21-26/h5-15,21,23-24,28-29H,16-20,22H2,1-4H3,(H,38,44)(H,39,42)(H,40,43)/t24-,28+,29-/m1/s1. The fourth-order valence-corrected chi connectivity index (χ4v) is 5.28. The molecule has 1 heterocycles. The predicted molar refractivity (Wildman–Crippen MR) is 183 cm³/mol. The summed E-state index contributed by atoms with van der Waals surface area (Å²) < 4.78 is 17.9. The van der Waals surface area contributed by atoms with Crippen molar-refractivity contribution in [2.24, 2.45) is 5.92 Å². The minimum absolute atomic E-state index is 0.00521. The van der Waals surface area contributed by atoms with Gasteiger partial charge in [0, 0.05) is 18.5 Å². The van der Waals surface area contributed by atoms with Gasteiger partial charge in [0.05, 0.1) is 18.2 Å². The number of nitrogens with one attached hydrogen (secondary N) is 3. The number of amides is 4. The maximum atomic E-state index is 13.6. The molecule has 1 aliphatic heterocycles. The Balaban J connectivity index is 1.47. The van der Waals surface area contributed by atoms with E-state index in [1.807, 2.05) is 19.9 Å². The molecule has 0 fully saturated rings. The molecule has 4 rings (SSSR count). The van der Waals surface area contributed by atoms with Crippen LogP contribution in [0.1, 0.15) is 50.4 Å². The van der Waals surface area contributed by atoms with E-state index in [1.54, 1.807) is 80.7 Å². The zero-order valence-electron chi connectivity index (χ0n) is 27.7. The van der Waals surface area contributed by atoms with Gasteiger partial charge in [-0.1, -0.05) is 55.8 Å². The van der Waals surface area contributed by atoms with E-state index < -0.39 is 35.8 Å². The van der Waals surface area contributed by atoms with Crippen LogP contribution in [0, 0.1) is 5.92 Å². The molecular formula is C36H43ClN4O7. The van der Waals surface area contributed by atoms with E-state index in [0.717, 1.165) is 0 Å². The van der Waals surface area contributed by atoms with Gasteiger partial charge in [0.2, 0.25) is 17.7 Å². The highest BCUT2D eigenvalue weighted by Gasteiger charge is 2.29. The first-order valence-electron chi connectivity index (χ1n) is 16.0. The molecule has 12 heteroatoms. The summed E-state index contributed by atoms with van der Waals surface area (Å²) >= 11 is 6.09. The summed E-state index contributed by atoms with van der Waals surface area (Å²) in [6.45, 7) is 6.18. The van der Waals surface area contributed by atoms with Crippen LogP contribution >= 0.6 is 11.6 Å². The molecule has 4 amide bonds. The summed E-state index contributed by atoms with van der Waals surface area (Å²) in [5, 5.41) is 9.04. The van der Waals surface area contributed by atoms with Gasteiger partial charge in [0.25, 0.3) is 5.91 Å². The second kappa shape index (κ2) is 17.4. The number of nitrogens with zero attached hydrogens (tertiary/aromatic N) is 1. The van der Waals surface area contributed by atoms with Crippen LogP contribution in [0.15, 0.2) is 72.8 Å².